The molecule has 2 saturated heterocycles. The van der Waals surface area contributed by atoms with Gasteiger partial charge in [-0.2, -0.15) is 0 Å². The van der Waals surface area contributed by atoms with Crippen LogP contribution in [0.1, 0.15) is 31.7 Å². The molecular formula is C27H38N4O. The third kappa shape index (κ3) is 6.73. The van der Waals surface area contributed by atoms with Gasteiger partial charge in [0.2, 0.25) is 0 Å². The molecule has 0 radical (unpaired) electrons. The molecule has 0 amide bonds. The van der Waals surface area contributed by atoms with E-state index in [0.29, 0.717) is 12.0 Å². The maximum absolute atomic E-state index is 6.16. The molecule has 32 heavy (non-hydrogen) atoms. The van der Waals surface area contributed by atoms with Crippen molar-refractivity contribution in [3.8, 4) is 5.75 Å². The molecule has 0 aliphatic carbocycles. The molecule has 2 aromatic carbocycles. The second kappa shape index (κ2) is 11.9. The number of benzene rings is 2. The number of aliphatic imine (C=N–C) groups is 1. The van der Waals surface area contributed by atoms with E-state index >= 15 is 0 Å². The molecule has 2 aromatic rings. The Hall–Kier alpha value is -2.53. The van der Waals surface area contributed by atoms with E-state index in [1.165, 1.54) is 25.1 Å². The lowest BCUT2D eigenvalue weighted by Gasteiger charge is -2.34. The molecular weight excluding hydrogens is 396 g/mol. The van der Waals surface area contributed by atoms with Gasteiger partial charge in [-0.05, 0) is 49.9 Å². The van der Waals surface area contributed by atoms with Crippen molar-refractivity contribution in [3.05, 3.63) is 66.2 Å². The first-order chi connectivity index (χ1) is 15.8. The van der Waals surface area contributed by atoms with Gasteiger partial charge in [0.25, 0.3) is 0 Å². The summed E-state index contributed by atoms with van der Waals surface area (Å²) in [6.45, 7) is 9.50. The van der Waals surface area contributed by atoms with Crippen LogP contribution in [0.5, 0.6) is 5.75 Å². The minimum atomic E-state index is 0.296. The highest BCUT2D eigenvalue weighted by Crippen LogP contribution is 2.20. The number of ether oxygens (including phenoxy) is 1. The molecule has 0 spiro atoms. The van der Waals surface area contributed by atoms with Crippen LogP contribution in [0.15, 0.2) is 65.7 Å². The largest absolute Gasteiger partial charge is 0.490 e. The Labute approximate surface area is 193 Å². The molecule has 0 bridgehead atoms. The smallest absolute Gasteiger partial charge is 0.193 e. The highest BCUT2D eigenvalue weighted by molar-refractivity contribution is 5.80. The van der Waals surface area contributed by atoms with Crippen molar-refractivity contribution in [2.75, 3.05) is 45.8 Å². The Morgan fingerprint density at radius 1 is 0.969 bits per heavy atom. The highest BCUT2D eigenvalue weighted by atomic mass is 16.5. The van der Waals surface area contributed by atoms with Crippen LogP contribution in [0, 0.1) is 5.92 Å². The number of nitrogens with one attached hydrogen (secondary N) is 1. The van der Waals surface area contributed by atoms with Crippen LogP contribution in [0.25, 0.3) is 0 Å². The van der Waals surface area contributed by atoms with Gasteiger partial charge in [0.05, 0.1) is 0 Å². The molecule has 2 heterocycles. The zero-order valence-electron chi connectivity index (χ0n) is 19.5. The summed E-state index contributed by atoms with van der Waals surface area (Å²) in [4.78, 5) is 10.1. The zero-order chi connectivity index (χ0) is 22.0. The maximum atomic E-state index is 6.16. The molecule has 2 aliphatic heterocycles. The summed E-state index contributed by atoms with van der Waals surface area (Å²) in [7, 11) is 0. The van der Waals surface area contributed by atoms with Gasteiger partial charge in [0, 0.05) is 52.1 Å². The van der Waals surface area contributed by atoms with Crippen LogP contribution in [0.2, 0.25) is 0 Å². The fourth-order valence-corrected chi connectivity index (χ4v) is 4.72. The number of guanidine groups is 1. The number of rotatable bonds is 8. The lowest BCUT2D eigenvalue weighted by Crippen LogP contribution is -2.47. The summed E-state index contributed by atoms with van der Waals surface area (Å²) >= 11 is 0. The molecule has 0 saturated carbocycles. The normalized spacial score (nSPS) is 20.5. The van der Waals surface area contributed by atoms with E-state index in [1.54, 1.807) is 0 Å². The van der Waals surface area contributed by atoms with Gasteiger partial charge < -0.3 is 19.9 Å². The van der Waals surface area contributed by atoms with Crippen molar-refractivity contribution < 1.29 is 4.74 Å². The van der Waals surface area contributed by atoms with Gasteiger partial charge in [0.1, 0.15) is 11.9 Å². The first-order valence-corrected chi connectivity index (χ1v) is 12.3. The molecule has 1 unspecified atom stereocenters. The van der Waals surface area contributed by atoms with E-state index in [4.69, 9.17) is 9.73 Å². The Kier molecular flexibility index (Phi) is 8.43. The van der Waals surface area contributed by atoms with Crippen LogP contribution in [-0.2, 0) is 6.42 Å². The quantitative estimate of drug-likeness (QED) is 0.502. The lowest BCUT2D eigenvalue weighted by atomic mass is 10.1. The summed E-state index contributed by atoms with van der Waals surface area (Å²) in [6, 6.07) is 21.0. The van der Waals surface area contributed by atoms with Gasteiger partial charge in [-0.25, -0.2) is 0 Å². The van der Waals surface area contributed by atoms with E-state index in [9.17, 15) is 0 Å². The second-order valence-electron chi connectivity index (χ2n) is 9.00. The molecule has 1 atom stereocenters. The van der Waals surface area contributed by atoms with Crippen molar-refractivity contribution in [3.63, 3.8) is 0 Å². The minimum Gasteiger partial charge on any atom is -0.490 e. The first-order valence-electron chi connectivity index (χ1n) is 12.3. The minimum absolute atomic E-state index is 0.296. The Morgan fingerprint density at radius 2 is 1.69 bits per heavy atom. The number of likely N-dealkylation sites (tertiary alicyclic amines) is 2. The van der Waals surface area contributed by atoms with Crippen LogP contribution < -0.4 is 10.1 Å². The average Bonchev–Trinajstić information content (AvgIpc) is 3.30. The molecule has 2 fully saturated rings. The van der Waals surface area contributed by atoms with Crippen molar-refractivity contribution in [1.82, 2.24) is 15.1 Å². The predicted molar refractivity (Wildman–Crippen MR) is 132 cm³/mol. The summed E-state index contributed by atoms with van der Waals surface area (Å²) in [5.41, 5.74) is 1.43. The number of para-hydroxylation sites is 1. The van der Waals surface area contributed by atoms with E-state index in [-0.39, 0.29) is 0 Å². The zero-order valence-corrected chi connectivity index (χ0v) is 19.5. The number of hydrogen-bond donors (Lipinski definition) is 1. The SMILES string of the molecule is CCNC(=NCC1CCN(CCc2ccccc2)C1)N1CCC(Oc2ccccc2)CC1. The molecule has 172 valence electrons. The van der Waals surface area contributed by atoms with Gasteiger partial charge in [0.15, 0.2) is 5.96 Å². The number of piperidine rings is 1. The van der Waals surface area contributed by atoms with Crippen LogP contribution >= 0.6 is 0 Å². The first kappa shape index (κ1) is 22.7. The Balaban J connectivity index is 1.22. The molecule has 5 heteroatoms. The molecule has 5 nitrogen and oxygen atoms in total. The Morgan fingerprint density at radius 3 is 2.41 bits per heavy atom. The summed E-state index contributed by atoms with van der Waals surface area (Å²) in [5.74, 6) is 2.72. The van der Waals surface area contributed by atoms with Gasteiger partial charge in [-0.1, -0.05) is 48.5 Å². The van der Waals surface area contributed by atoms with Gasteiger partial charge >= 0.3 is 0 Å². The predicted octanol–water partition coefficient (Wildman–Crippen LogP) is 4.06. The summed E-state index contributed by atoms with van der Waals surface area (Å²) < 4.78 is 6.16. The van der Waals surface area contributed by atoms with Crippen molar-refractivity contribution in [1.29, 1.82) is 0 Å². The fraction of sp³-hybridized carbons (Fsp3) is 0.519. The fourth-order valence-electron chi connectivity index (χ4n) is 4.72. The van der Waals surface area contributed by atoms with Crippen molar-refractivity contribution >= 4 is 5.96 Å². The van der Waals surface area contributed by atoms with Crippen LogP contribution in [0.3, 0.4) is 0 Å². The topological polar surface area (TPSA) is 40.1 Å². The Bertz CT molecular complexity index is 818. The number of hydrogen-bond acceptors (Lipinski definition) is 3. The maximum Gasteiger partial charge on any atom is 0.193 e. The standard InChI is InChI=1S/C27H38N4O/c1-2-28-27(31-19-15-26(16-20-31)32-25-11-7-4-8-12-25)29-21-24-14-18-30(22-24)17-13-23-9-5-3-6-10-23/h3-12,24,26H,2,13-22H2,1H3,(H,28,29). The van der Waals surface area contributed by atoms with Gasteiger partial charge in [-0.15, -0.1) is 0 Å². The average molecular weight is 435 g/mol. The molecule has 0 aromatic heterocycles. The summed E-state index contributed by atoms with van der Waals surface area (Å²) in [6.07, 6.45) is 4.76. The van der Waals surface area contributed by atoms with E-state index in [1.807, 2.05) is 30.3 Å². The van der Waals surface area contributed by atoms with E-state index < -0.39 is 0 Å². The van der Waals surface area contributed by atoms with E-state index in [0.717, 1.165) is 63.7 Å². The van der Waals surface area contributed by atoms with Gasteiger partial charge in [-0.3, -0.25) is 4.99 Å². The monoisotopic (exact) mass is 434 g/mol. The number of nitrogens with zero attached hydrogens (tertiary/aromatic N) is 3. The molecule has 1 N–H and O–H groups in total. The highest BCUT2D eigenvalue weighted by Gasteiger charge is 2.25. The van der Waals surface area contributed by atoms with Crippen LogP contribution in [0.4, 0.5) is 0 Å². The molecule has 2 aliphatic rings. The van der Waals surface area contributed by atoms with Crippen molar-refractivity contribution in [2.24, 2.45) is 10.9 Å². The molecule has 4 rings (SSSR count). The second-order valence-corrected chi connectivity index (χ2v) is 9.00. The van der Waals surface area contributed by atoms with E-state index in [2.05, 4.69) is 52.4 Å². The third-order valence-electron chi connectivity index (χ3n) is 6.55. The van der Waals surface area contributed by atoms with Crippen LogP contribution in [-0.4, -0.2) is 67.7 Å². The lowest BCUT2D eigenvalue weighted by molar-refractivity contribution is 0.129. The summed E-state index contributed by atoms with van der Waals surface area (Å²) in [5, 5.41) is 3.52. The van der Waals surface area contributed by atoms with Crippen molar-refractivity contribution in [2.45, 2.75) is 38.7 Å². The third-order valence-corrected chi connectivity index (χ3v) is 6.55.